The van der Waals surface area contributed by atoms with Gasteiger partial charge in [0.2, 0.25) is 0 Å². The van der Waals surface area contributed by atoms with Crippen molar-refractivity contribution in [2.75, 3.05) is 11.5 Å². The van der Waals surface area contributed by atoms with Crippen LogP contribution in [0.15, 0.2) is 0 Å². The molecule has 0 aliphatic heterocycles. The quantitative estimate of drug-likeness (QED) is 0.647. The molecule has 1 aliphatic rings. The zero-order valence-corrected chi connectivity index (χ0v) is 9.07. The predicted octanol–water partition coefficient (Wildman–Crippen LogP) is 2.50. The average molecular weight is 187 g/mol. The molecule has 0 aromatic carbocycles. The Morgan fingerprint density at radius 3 is 2.58 bits per heavy atom. The highest BCUT2D eigenvalue weighted by atomic mass is 32.2. The van der Waals surface area contributed by atoms with E-state index in [-0.39, 0.29) is 0 Å². The Bertz CT molecular complexity index is 121. The molecule has 2 heteroatoms. The predicted molar refractivity (Wildman–Crippen MR) is 57.5 cm³/mol. The minimum Gasteiger partial charge on any atom is -0.327 e. The van der Waals surface area contributed by atoms with Crippen molar-refractivity contribution in [2.24, 2.45) is 17.6 Å². The van der Waals surface area contributed by atoms with Gasteiger partial charge in [-0.15, -0.1) is 0 Å². The number of nitrogens with two attached hydrogens (primary N) is 1. The molecule has 0 bridgehead atoms. The van der Waals surface area contributed by atoms with E-state index in [1.807, 2.05) is 11.8 Å². The Labute approximate surface area is 80.5 Å². The molecular formula is C10H21NS. The van der Waals surface area contributed by atoms with Gasteiger partial charge in [0.1, 0.15) is 0 Å². The molecule has 1 nitrogen and oxygen atoms in total. The number of rotatable bonds is 6. The lowest BCUT2D eigenvalue weighted by atomic mass is 10.2. The smallest absolute Gasteiger partial charge is 0.0158 e. The Hall–Kier alpha value is 0.310. The van der Waals surface area contributed by atoms with E-state index in [0.717, 1.165) is 11.8 Å². The number of thioether (sulfide) groups is 1. The van der Waals surface area contributed by atoms with E-state index in [4.69, 9.17) is 5.73 Å². The summed E-state index contributed by atoms with van der Waals surface area (Å²) in [6.45, 7) is 4.56. The minimum atomic E-state index is 0.488. The van der Waals surface area contributed by atoms with Crippen LogP contribution in [0.4, 0.5) is 0 Å². The van der Waals surface area contributed by atoms with Gasteiger partial charge in [-0.25, -0.2) is 0 Å². The van der Waals surface area contributed by atoms with Crippen LogP contribution in [-0.4, -0.2) is 17.5 Å². The summed E-state index contributed by atoms with van der Waals surface area (Å²) < 4.78 is 0. The first-order chi connectivity index (χ1) is 5.70. The zero-order chi connectivity index (χ0) is 8.97. The van der Waals surface area contributed by atoms with Crippen molar-refractivity contribution in [3.05, 3.63) is 0 Å². The fraction of sp³-hybridized carbons (Fsp3) is 1.00. The van der Waals surface area contributed by atoms with Gasteiger partial charge in [0.05, 0.1) is 0 Å². The van der Waals surface area contributed by atoms with E-state index in [9.17, 15) is 0 Å². The molecule has 0 saturated heterocycles. The van der Waals surface area contributed by atoms with Gasteiger partial charge in [0, 0.05) is 11.8 Å². The Balaban J connectivity index is 1.87. The minimum absolute atomic E-state index is 0.488. The highest BCUT2D eigenvalue weighted by Crippen LogP contribution is 2.32. The van der Waals surface area contributed by atoms with Crippen LogP contribution >= 0.6 is 11.8 Å². The van der Waals surface area contributed by atoms with Crippen LogP contribution in [-0.2, 0) is 0 Å². The summed E-state index contributed by atoms with van der Waals surface area (Å²) in [6.07, 6.45) is 4.10. The van der Waals surface area contributed by atoms with Gasteiger partial charge in [0.25, 0.3) is 0 Å². The molecule has 0 radical (unpaired) electrons. The topological polar surface area (TPSA) is 26.0 Å². The maximum atomic E-state index is 5.98. The molecule has 1 fully saturated rings. The molecule has 1 saturated carbocycles. The molecule has 12 heavy (non-hydrogen) atoms. The van der Waals surface area contributed by atoms with E-state index >= 15 is 0 Å². The normalized spacial score (nSPS) is 20.0. The summed E-state index contributed by atoms with van der Waals surface area (Å²) in [5.74, 6) is 4.18. The van der Waals surface area contributed by atoms with E-state index < -0.39 is 0 Å². The van der Waals surface area contributed by atoms with E-state index in [1.165, 1.54) is 30.8 Å². The molecule has 0 aromatic heterocycles. The van der Waals surface area contributed by atoms with E-state index in [0.29, 0.717) is 6.04 Å². The second kappa shape index (κ2) is 5.13. The van der Waals surface area contributed by atoms with Crippen molar-refractivity contribution in [2.45, 2.75) is 39.2 Å². The highest BCUT2D eigenvalue weighted by molar-refractivity contribution is 7.99. The third kappa shape index (κ3) is 4.36. The number of hydrogen-bond acceptors (Lipinski definition) is 2. The molecule has 1 rings (SSSR count). The van der Waals surface area contributed by atoms with Crippen LogP contribution in [0.2, 0.25) is 0 Å². The Morgan fingerprint density at radius 1 is 1.42 bits per heavy atom. The lowest BCUT2D eigenvalue weighted by Crippen LogP contribution is -2.25. The van der Waals surface area contributed by atoms with Crippen molar-refractivity contribution < 1.29 is 0 Å². The average Bonchev–Trinajstić information content (AvgIpc) is 2.79. The van der Waals surface area contributed by atoms with Gasteiger partial charge in [-0.1, -0.05) is 13.8 Å². The second-order valence-electron chi connectivity index (χ2n) is 4.26. The van der Waals surface area contributed by atoms with E-state index in [1.54, 1.807) is 0 Å². The molecule has 0 spiro atoms. The van der Waals surface area contributed by atoms with Crippen molar-refractivity contribution in [1.82, 2.24) is 0 Å². The Morgan fingerprint density at radius 2 is 2.08 bits per heavy atom. The summed E-state index contributed by atoms with van der Waals surface area (Å²) in [7, 11) is 0. The van der Waals surface area contributed by atoms with Crippen LogP contribution in [0.5, 0.6) is 0 Å². The van der Waals surface area contributed by atoms with Gasteiger partial charge in [0.15, 0.2) is 0 Å². The fourth-order valence-electron chi connectivity index (χ4n) is 1.20. The van der Waals surface area contributed by atoms with Gasteiger partial charge < -0.3 is 5.73 Å². The third-order valence-electron chi connectivity index (χ3n) is 2.38. The van der Waals surface area contributed by atoms with Crippen molar-refractivity contribution in [3.8, 4) is 0 Å². The van der Waals surface area contributed by atoms with Crippen LogP contribution in [0.3, 0.4) is 0 Å². The van der Waals surface area contributed by atoms with Gasteiger partial charge in [-0.2, -0.15) is 11.8 Å². The molecule has 1 atom stereocenters. The molecule has 0 heterocycles. The van der Waals surface area contributed by atoms with E-state index in [2.05, 4.69) is 13.8 Å². The van der Waals surface area contributed by atoms with Gasteiger partial charge in [-0.05, 0) is 36.9 Å². The summed E-state index contributed by atoms with van der Waals surface area (Å²) >= 11 is 2.03. The van der Waals surface area contributed by atoms with Crippen LogP contribution in [0.25, 0.3) is 0 Å². The first-order valence-electron chi connectivity index (χ1n) is 5.03. The molecule has 1 aliphatic carbocycles. The summed E-state index contributed by atoms with van der Waals surface area (Å²) in [4.78, 5) is 0. The van der Waals surface area contributed by atoms with Crippen molar-refractivity contribution in [3.63, 3.8) is 0 Å². The van der Waals surface area contributed by atoms with Crippen LogP contribution in [0.1, 0.15) is 33.1 Å². The molecule has 0 amide bonds. The first-order valence-corrected chi connectivity index (χ1v) is 6.19. The summed E-state index contributed by atoms with van der Waals surface area (Å²) in [5, 5.41) is 0. The van der Waals surface area contributed by atoms with Crippen molar-refractivity contribution in [1.29, 1.82) is 0 Å². The fourth-order valence-corrected chi connectivity index (χ4v) is 2.55. The highest BCUT2D eigenvalue weighted by Gasteiger charge is 2.27. The largest absolute Gasteiger partial charge is 0.327 e. The lowest BCUT2D eigenvalue weighted by Gasteiger charge is -2.09. The molecule has 0 aromatic rings. The molecule has 2 N–H and O–H groups in total. The third-order valence-corrected chi connectivity index (χ3v) is 3.52. The SMILES string of the molecule is CC(C)CCSCC(N)C1CC1. The maximum Gasteiger partial charge on any atom is 0.0158 e. The molecule has 72 valence electrons. The molecule has 1 unspecified atom stereocenters. The first kappa shape index (κ1) is 10.4. The number of hydrogen-bond donors (Lipinski definition) is 1. The maximum absolute atomic E-state index is 5.98. The standard InChI is InChI=1S/C10H21NS/c1-8(2)5-6-12-7-10(11)9-3-4-9/h8-10H,3-7,11H2,1-2H3. The van der Waals surface area contributed by atoms with Gasteiger partial charge >= 0.3 is 0 Å². The van der Waals surface area contributed by atoms with Crippen molar-refractivity contribution >= 4 is 11.8 Å². The Kier molecular flexibility index (Phi) is 4.44. The van der Waals surface area contributed by atoms with Gasteiger partial charge in [-0.3, -0.25) is 0 Å². The molecular weight excluding hydrogens is 166 g/mol. The lowest BCUT2D eigenvalue weighted by molar-refractivity contribution is 0.628. The summed E-state index contributed by atoms with van der Waals surface area (Å²) in [6, 6.07) is 0.488. The van der Waals surface area contributed by atoms with Crippen LogP contribution in [0, 0.1) is 11.8 Å². The summed E-state index contributed by atoms with van der Waals surface area (Å²) in [5.41, 5.74) is 5.98. The van der Waals surface area contributed by atoms with Crippen LogP contribution < -0.4 is 5.73 Å². The monoisotopic (exact) mass is 187 g/mol. The zero-order valence-electron chi connectivity index (χ0n) is 8.25. The second-order valence-corrected chi connectivity index (χ2v) is 5.41.